The summed E-state index contributed by atoms with van der Waals surface area (Å²) in [5.41, 5.74) is 0.665. The molecule has 154 valence electrons. The lowest BCUT2D eigenvalue weighted by Crippen LogP contribution is -2.40. The van der Waals surface area contributed by atoms with Crippen molar-refractivity contribution in [3.63, 3.8) is 0 Å². The van der Waals surface area contributed by atoms with Crippen molar-refractivity contribution >= 4 is 21.9 Å². The predicted octanol–water partition coefficient (Wildman–Crippen LogP) is 1.80. The summed E-state index contributed by atoms with van der Waals surface area (Å²) in [5.74, 6) is 1.07. The summed E-state index contributed by atoms with van der Waals surface area (Å²) < 4.78 is 35.8. The largest absolute Gasteiger partial charge is 0.440 e. The van der Waals surface area contributed by atoms with Gasteiger partial charge in [-0.15, -0.1) is 0 Å². The highest BCUT2D eigenvalue weighted by molar-refractivity contribution is 7.88. The Labute approximate surface area is 165 Å². The number of aromatic nitrogens is 1. The smallest absolute Gasteiger partial charge is 0.416 e. The molecule has 0 aromatic carbocycles. The van der Waals surface area contributed by atoms with E-state index >= 15 is 0 Å². The van der Waals surface area contributed by atoms with Crippen molar-refractivity contribution in [1.29, 1.82) is 0 Å². The van der Waals surface area contributed by atoms with Gasteiger partial charge in [0.1, 0.15) is 11.4 Å². The minimum Gasteiger partial charge on any atom is -0.440 e. The fourth-order valence-corrected chi connectivity index (χ4v) is 5.15. The van der Waals surface area contributed by atoms with E-state index < -0.39 is 15.6 Å². The lowest BCUT2D eigenvalue weighted by molar-refractivity contribution is -0.0431. The zero-order valence-corrected chi connectivity index (χ0v) is 17.0. The van der Waals surface area contributed by atoms with Crippen LogP contribution in [0.3, 0.4) is 0 Å². The lowest BCUT2D eigenvalue weighted by Gasteiger charge is -2.30. The maximum atomic E-state index is 12.3. The number of nitrogens with zero attached hydrogens (tertiary/aromatic N) is 3. The van der Waals surface area contributed by atoms with Crippen molar-refractivity contribution in [2.45, 2.75) is 37.7 Å². The van der Waals surface area contributed by atoms with Crippen molar-refractivity contribution in [2.75, 3.05) is 44.0 Å². The molecular weight excluding hydrogens is 382 g/mol. The first-order valence-electron chi connectivity index (χ1n) is 9.83. The minimum absolute atomic E-state index is 0.338. The summed E-state index contributed by atoms with van der Waals surface area (Å²) in [7, 11) is -3.09. The number of pyridine rings is 1. The second kappa shape index (κ2) is 7.61. The molecule has 3 fully saturated rings. The fraction of sp³-hybridized carbons (Fsp3) is 0.684. The Morgan fingerprint density at radius 1 is 1.21 bits per heavy atom. The second-order valence-corrected chi connectivity index (χ2v) is 10.1. The third kappa shape index (κ3) is 4.16. The Bertz CT molecular complexity index is 812. The first kappa shape index (κ1) is 19.6. The van der Waals surface area contributed by atoms with Crippen LogP contribution in [0.25, 0.3) is 0 Å². The van der Waals surface area contributed by atoms with E-state index in [4.69, 9.17) is 9.47 Å². The zero-order valence-electron chi connectivity index (χ0n) is 16.2. The van der Waals surface area contributed by atoms with Gasteiger partial charge in [-0.05, 0) is 36.8 Å². The molecule has 0 aliphatic carbocycles. The topological polar surface area (TPSA) is 89.0 Å². The highest BCUT2D eigenvalue weighted by Gasteiger charge is 2.47. The van der Waals surface area contributed by atoms with Crippen molar-refractivity contribution in [3.05, 3.63) is 23.9 Å². The summed E-state index contributed by atoms with van der Waals surface area (Å²) in [5, 5.41) is 0. The molecule has 3 aliphatic rings. The van der Waals surface area contributed by atoms with Gasteiger partial charge in [-0.1, -0.05) is 6.07 Å². The van der Waals surface area contributed by atoms with E-state index in [-0.39, 0.29) is 6.09 Å². The van der Waals surface area contributed by atoms with Gasteiger partial charge >= 0.3 is 6.09 Å². The Morgan fingerprint density at radius 3 is 2.54 bits per heavy atom. The summed E-state index contributed by atoms with van der Waals surface area (Å²) in [6, 6.07) is 3.88. The fourth-order valence-electron chi connectivity index (χ4n) is 4.28. The quantitative estimate of drug-likeness (QED) is 0.753. The van der Waals surface area contributed by atoms with Crippen LogP contribution in [-0.2, 0) is 25.9 Å². The Morgan fingerprint density at radius 2 is 1.93 bits per heavy atom. The van der Waals surface area contributed by atoms with Gasteiger partial charge in [-0.3, -0.25) is 4.90 Å². The molecule has 28 heavy (non-hydrogen) atoms. The van der Waals surface area contributed by atoms with E-state index in [1.807, 2.05) is 18.3 Å². The molecule has 0 saturated carbocycles. The van der Waals surface area contributed by atoms with E-state index in [1.54, 1.807) is 9.21 Å². The monoisotopic (exact) mass is 409 g/mol. The van der Waals surface area contributed by atoms with Crippen molar-refractivity contribution in [2.24, 2.45) is 5.92 Å². The number of carbonyl (C=O) groups excluding carboxylic acids is 1. The van der Waals surface area contributed by atoms with Crippen LogP contribution in [0, 0.1) is 5.92 Å². The molecule has 1 amide bonds. The van der Waals surface area contributed by atoms with Gasteiger partial charge in [0, 0.05) is 32.1 Å². The molecule has 0 radical (unpaired) electrons. The number of anilines is 1. The molecule has 0 bridgehead atoms. The molecular formula is C19H27N3O5S. The summed E-state index contributed by atoms with van der Waals surface area (Å²) in [6.45, 7) is 2.92. The number of amides is 1. The number of sulfonamides is 1. The molecule has 0 atom stereocenters. The number of piperidine rings is 1. The molecule has 1 aromatic rings. The summed E-state index contributed by atoms with van der Waals surface area (Å²) >= 11 is 0. The number of hydrogen-bond acceptors (Lipinski definition) is 6. The third-order valence-electron chi connectivity index (χ3n) is 6.03. The van der Waals surface area contributed by atoms with Gasteiger partial charge in [0.2, 0.25) is 10.0 Å². The zero-order chi connectivity index (χ0) is 19.8. The molecule has 8 nitrogen and oxygen atoms in total. The van der Waals surface area contributed by atoms with Gasteiger partial charge in [0.25, 0.3) is 0 Å². The van der Waals surface area contributed by atoms with Gasteiger partial charge in [0.15, 0.2) is 0 Å². The number of carbonyl (C=O) groups is 1. The molecule has 0 N–H and O–H groups in total. The van der Waals surface area contributed by atoms with Crippen LogP contribution in [0.15, 0.2) is 18.3 Å². The van der Waals surface area contributed by atoms with E-state index in [0.29, 0.717) is 44.6 Å². The Kier molecular flexibility index (Phi) is 5.32. The highest BCUT2D eigenvalue weighted by Crippen LogP contribution is 2.34. The Balaban J connectivity index is 1.35. The average Bonchev–Trinajstić information content (AvgIpc) is 2.98. The molecule has 3 saturated heterocycles. The van der Waals surface area contributed by atoms with Crippen LogP contribution < -0.4 is 4.90 Å². The molecule has 9 heteroatoms. The molecule has 4 heterocycles. The highest BCUT2D eigenvalue weighted by atomic mass is 32.2. The summed E-state index contributed by atoms with van der Waals surface area (Å²) in [6.07, 6.45) is 6.78. The van der Waals surface area contributed by atoms with Crippen molar-refractivity contribution < 1.29 is 22.7 Å². The first-order chi connectivity index (χ1) is 13.3. The standard InChI is InChI=1S/C19H27N3O5S/c1-28(24,25)21-8-4-15(5-9-21)12-16-2-3-17(20-13-16)22-14-19(27-18(22)23)6-10-26-11-7-19/h2-3,13,15H,4-12,14H2,1H3. The van der Waals surface area contributed by atoms with Crippen LogP contribution >= 0.6 is 0 Å². The van der Waals surface area contributed by atoms with Gasteiger partial charge < -0.3 is 9.47 Å². The summed E-state index contributed by atoms with van der Waals surface area (Å²) in [4.78, 5) is 18.4. The minimum atomic E-state index is -3.09. The maximum absolute atomic E-state index is 12.3. The maximum Gasteiger partial charge on any atom is 0.416 e. The van der Waals surface area contributed by atoms with E-state index in [1.165, 1.54) is 6.26 Å². The van der Waals surface area contributed by atoms with E-state index in [2.05, 4.69) is 4.98 Å². The third-order valence-corrected chi connectivity index (χ3v) is 7.33. The SMILES string of the molecule is CS(=O)(=O)N1CCC(Cc2ccc(N3CC4(CCOCC4)OC3=O)nc2)CC1. The molecule has 0 unspecified atom stereocenters. The molecule has 1 aromatic heterocycles. The first-order valence-corrected chi connectivity index (χ1v) is 11.7. The van der Waals surface area contributed by atoms with Gasteiger partial charge in [0.05, 0.1) is 26.0 Å². The van der Waals surface area contributed by atoms with E-state index in [0.717, 1.165) is 37.7 Å². The van der Waals surface area contributed by atoms with Gasteiger partial charge in [-0.2, -0.15) is 0 Å². The lowest BCUT2D eigenvalue weighted by atomic mass is 9.91. The van der Waals surface area contributed by atoms with Crippen molar-refractivity contribution in [3.8, 4) is 0 Å². The molecule has 1 spiro atoms. The van der Waals surface area contributed by atoms with Crippen LogP contribution in [0.2, 0.25) is 0 Å². The van der Waals surface area contributed by atoms with Crippen LogP contribution in [0.5, 0.6) is 0 Å². The van der Waals surface area contributed by atoms with Crippen molar-refractivity contribution in [1.82, 2.24) is 9.29 Å². The van der Waals surface area contributed by atoms with Crippen LogP contribution in [0.4, 0.5) is 10.6 Å². The van der Waals surface area contributed by atoms with Crippen LogP contribution in [0.1, 0.15) is 31.2 Å². The number of hydrogen-bond donors (Lipinski definition) is 0. The number of ether oxygens (including phenoxy) is 2. The van der Waals surface area contributed by atoms with Gasteiger partial charge in [-0.25, -0.2) is 22.5 Å². The van der Waals surface area contributed by atoms with E-state index in [9.17, 15) is 13.2 Å². The average molecular weight is 410 g/mol. The Hall–Kier alpha value is -1.71. The predicted molar refractivity (Wildman–Crippen MR) is 104 cm³/mol. The second-order valence-electron chi connectivity index (χ2n) is 8.08. The normalized spacial score (nSPS) is 23.9. The molecule has 3 aliphatic heterocycles. The molecule has 4 rings (SSSR count). The van der Waals surface area contributed by atoms with Crippen LogP contribution in [-0.4, -0.2) is 68.5 Å². The number of rotatable bonds is 4.